The average molecular weight is 543 g/mol. The van der Waals surface area contributed by atoms with Gasteiger partial charge in [-0.15, -0.1) is 0 Å². The predicted molar refractivity (Wildman–Crippen MR) is 137 cm³/mol. The zero-order valence-electron chi connectivity index (χ0n) is 20.9. The summed E-state index contributed by atoms with van der Waals surface area (Å²) in [7, 11) is -1.92. The maximum absolute atomic E-state index is 13.3. The highest BCUT2D eigenvalue weighted by molar-refractivity contribution is 9.09. The van der Waals surface area contributed by atoms with E-state index in [0.29, 0.717) is 18.2 Å². The highest BCUT2D eigenvalue weighted by Crippen LogP contribution is 2.34. The number of halogens is 1. The van der Waals surface area contributed by atoms with Gasteiger partial charge in [0.2, 0.25) is 0 Å². The van der Waals surface area contributed by atoms with Gasteiger partial charge < -0.3 is 13.9 Å². The number of esters is 1. The Balaban J connectivity index is 2.28. The van der Waals surface area contributed by atoms with Crippen LogP contribution in [0.5, 0.6) is 0 Å². The van der Waals surface area contributed by atoms with Crippen LogP contribution in [0.3, 0.4) is 0 Å². The molecule has 1 amide bonds. The Morgan fingerprint density at radius 2 is 1.70 bits per heavy atom. The molecule has 1 fully saturated rings. The third-order valence-electron chi connectivity index (χ3n) is 6.44. The molecule has 0 spiro atoms. The second kappa shape index (κ2) is 12.4. The van der Waals surface area contributed by atoms with E-state index in [1.807, 2.05) is 51.1 Å². The standard InChI is InChI=1S/C25H40BrNO5Si/c1-7-33(8-2,9-3)32-22(17-26)20-15-16-21(23(28)31-25(4,5)6)27(20)24(29)30-18-19-13-11-10-12-14-19/h10-14,20-22H,7-9,15-18H2,1-6H3/t20-,21+,22-/m1/s1. The number of carbonyl (C=O) groups is 2. The Bertz CT molecular complexity index is 758. The summed E-state index contributed by atoms with van der Waals surface area (Å²) in [6, 6.07) is 11.7. The summed E-state index contributed by atoms with van der Waals surface area (Å²) in [5.41, 5.74) is 0.271. The molecule has 3 atom stereocenters. The normalized spacial score (nSPS) is 19.9. The quantitative estimate of drug-likeness (QED) is 0.198. The van der Waals surface area contributed by atoms with E-state index in [0.717, 1.165) is 23.7 Å². The molecule has 0 unspecified atom stereocenters. The maximum atomic E-state index is 13.3. The molecule has 33 heavy (non-hydrogen) atoms. The minimum Gasteiger partial charge on any atom is -0.458 e. The van der Waals surface area contributed by atoms with E-state index in [2.05, 4.69) is 36.7 Å². The first-order chi connectivity index (χ1) is 15.6. The van der Waals surface area contributed by atoms with Crippen LogP contribution in [-0.4, -0.2) is 54.4 Å². The van der Waals surface area contributed by atoms with Crippen LogP contribution in [0.4, 0.5) is 4.79 Å². The van der Waals surface area contributed by atoms with Crippen LogP contribution in [0.1, 0.15) is 59.9 Å². The number of ether oxygens (including phenoxy) is 2. The number of amides is 1. The molecule has 0 aromatic heterocycles. The molecular formula is C25H40BrNO5Si. The number of carbonyl (C=O) groups excluding carboxylic acids is 2. The molecule has 0 aliphatic carbocycles. The monoisotopic (exact) mass is 541 g/mol. The van der Waals surface area contributed by atoms with Crippen molar-refractivity contribution in [3.8, 4) is 0 Å². The van der Waals surface area contributed by atoms with Crippen molar-refractivity contribution in [2.24, 2.45) is 0 Å². The number of hydrogen-bond donors (Lipinski definition) is 0. The van der Waals surface area contributed by atoms with E-state index in [4.69, 9.17) is 13.9 Å². The average Bonchev–Trinajstić information content (AvgIpc) is 3.24. The first-order valence-electron chi connectivity index (χ1n) is 12.0. The van der Waals surface area contributed by atoms with Crippen LogP contribution in [0.25, 0.3) is 0 Å². The summed E-state index contributed by atoms with van der Waals surface area (Å²) in [5, 5.41) is 0.593. The second-order valence-electron chi connectivity index (χ2n) is 9.70. The number of hydrogen-bond acceptors (Lipinski definition) is 5. The van der Waals surface area contributed by atoms with Gasteiger partial charge in [-0.1, -0.05) is 67.0 Å². The summed E-state index contributed by atoms with van der Waals surface area (Å²) in [6.07, 6.45) is 0.505. The van der Waals surface area contributed by atoms with E-state index in [1.165, 1.54) is 0 Å². The summed E-state index contributed by atoms with van der Waals surface area (Å²) in [6.45, 7) is 12.2. The molecule has 1 aromatic rings. The highest BCUT2D eigenvalue weighted by atomic mass is 79.9. The predicted octanol–water partition coefficient (Wildman–Crippen LogP) is 6.28. The van der Waals surface area contributed by atoms with Crippen LogP contribution in [-0.2, 0) is 25.3 Å². The first-order valence-corrected chi connectivity index (χ1v) is 15.7. The van der Waals surface area contributed by atoms with Crippen molar-refractivity contribution >= 4 is 36.3 Å². The van der Waals surface area contributed by atoms with E-state index in [9.17, 15) is 9.59 Å². The summed E-state index contributed by atoms with van der Waals surface area (Å²) < 4.78 is 18.1. The molecule has 0 bridgehead atoms. The Morgan fingerprint density at radius 1 is 1.09 bits per heavy atom. The molecule has 1 aromatic carbocycles. The number of alkyl halides is 1. The fourth-order valence-electron chi connectivity index (χ4n) is 4.39. The van der Waals surface area contributed by atoms with Crippen LogP contribution < -0.4 is 0 Å². The molecule has 0 saturated carbocycles. The van der Waals surface area contributed by atoms with Crippen molar-refractivity contribution in [1.82, 2.24) is 4.90 Å². The molecule has 0 N–H and O–H groups in total. The number of benzene rings is 1. The molecule has 186 valence electrons. The maximum Gasteiger partial charge on any atom is 0.411 e. The van der Waals surface area contributed by atoms with E-state index >= 15 is 0 Å². The fourth-order valence-corrected chi connectivity index (χ4v) is 8.08. The minimum absolute atomic E-state index is 0.154. The number of nitrogens with zero attached hydrogens (tertiary/aromatic N) is 1. The van der Waals surface area contributed by atoms with Crippen molar-refractivity contribution in [1.29, 1.82) is 0 Å². The van der Waals surface area contributed by atoms with E-state index in [-0.39, 0.29) is 24.7 Å². The van der Waals surface area contributed by atoms with Crippen LogP contribution in [0.15, 0.2) is 30.3 Å². The largest absolute Gasteiger partial charge is 0.458 e. The van der Waals surface area contributed by atoms with Gasteiger partial charge in [0.1, 0.15) is 18.2 Å². The van der Waals surface area contributed by atoms with Crippen LogP contribution in [0.2, 0.25) is 18.1 Å². The summed E-state index contributed by atoms with van der Waals surface area (Å²) in [4.78, 5) is 28.0. The van der Waals surface area contributed by atoms with Crippen molar-refractivity contribution in [3.63, 3.8) is 0 Å². The van der Waals surface area contributed by atoms with Crippen molar-refractivity contribution in [3.05, 3.63) is 35.9 Å². The van der Waals surface area contributed by atoms with Gasteiger partial charge in [-0.2, -0.15) is 0 Å². The van der Waals surface area contributed by atoms with Gasteiger partial charge in [-0.25, -0.2) is 9.59 Å². The van der Waals surface area contributed by atoms with E-state index in [1.54, 1.807) is 4.90 Å². The molecule has 0 radical (unpaired) electrons. The topological polar surface area (TPSA) is 65.1 Å². The molecule has 1 aliphatic rings. The number of rotatable bonds is 10. The lowest BCUT2D eigenvalue weighted by Crippen LogP contribution is -2.54. The van der Waals surface area contributed by atoms with Gasteiger partial charge in [0.15, 0.2) is 8.32 Å². The molecule has 2 rings (SSSR count). The smallest absolute Gasteiger partial charge is 0.411 e. The van der Waals surface area contributed by atoms with Gasteiger partial charge in [0, 0.05) is 5.33 Å². The molecular weight excluding hydrogens is 502 g/mol. The van der Waals surface area contributed by atoms with Crippen molar-refractivity contribution in [2.45, 2.75) is 103 Å². The SMILES string of the molecule is CC[Si](CC)(CC)O[C@H](CBr)[C@H]1CC[C@@H](C(=O)OC(C)(C)C)N1C(=O)OCc1ccccc1. The van der Waals surface area contributed by atoms with Gasteiger partial charge in [-0.3, -0.25) is 4.90 Å². The zero-order chi connectivity index (χ0) is 24.6. The Hall–Kier alpha value is -1.38. The van der Waals surface area contributed by atoms with Crippen LogP contribution in [0, 0.1) is 0 Å². The van der Waals surface area contributed by atoms with Crippen LogP contribution >= 0.6 is 15.9 Å². The van der Waals surface area contributed by atoms with Gasteiger partial charge in [-0.05, 0) is 57.3 Å². The van der Waals surface area contributed by atoms with Crippen molar-refractivity contribution < 1.29 is 23.5 Å². The highest BCUT2D eigenvalue weighted by Gasteiger charge is 2.48. The fraction of sp³-hybridized carbons (Fsp3) is 0.680. The molecule has 6 nitrogen and oxygen atoms in total. The first kappa shape index (κ1) is 27.9. The van der Waals surface area contributed by atoms with Gasteiger partial charge in [0.05, 0.1) is 12.1 Å². The molecule has 1 aliphatic heterocycles. The van der Waals surface area contributed by atoms with E-state index < -0.39 is 26.1 Å². The Kier molecular flexibility index (Phi) is 10.4. The van der Waals surface area contributed by atoms with Crippen molar-refractivity contribution in [2.75, 3.05) is 5.33 Å². The molecule has 1 saturated heterocycles. The Labute approximate surface area is 208 Å². The lowest BCUT2D eigenvalue weighted by Gasteiger charge is -2.39. The third kappa shape index (κ3) is 7.55. The third-order valence-corrected chi connectivity index (χ3v) is 11.7. The molecule has 1 heterocycles. The van der Waals surface area contributed by atoms with Gasteiger partial charge in [0.25, 0.3) is 0 Å². The molecule has 8 heteroatoms. The second-order valence-corrected chi connectivity index (χ2v) is 15.1. The lowest BCUT2D eigenvalue weighted by atomic mass is 10.1. The summed E-state index contributed by atoms with van der Waals surface area (Å²) >= 11 is 3.63. The summed E-state index contributed by atoms with van der Waals surface area (Å²) in [5.74, 6) is -0.389. The number of likely N-dealkylation sites (tertiary alicyclic amines) is 1. The van der Waals surface area contributed by atoms with Gasteiger partial charge >= 0.3 is 12.1 Å². The zero-order valence-corrected chi connectivity index (χ0v) is 23.5. The lowest BCUT2D eigenvalue weighted by molar-refractivity contribution is -0.160. The Morgan fingerprint density at radius 3 is 2.21 bits per heavy atom. The minimum atomic E-state index is -1.92.